The normalized spacial score (nSPS) is 10.8. The summed E-state index contributed by atoms with van der Waals surface area (Å²) in [7, 11) is 1.67. The lowest BCUT2D eigenvalue weighted by molar-refractivity contribution is 0.199. The molecule has 0 heterocycles. The Bertz CT molecular complexity index is 363. The molecular weight excluding hydrogens is 308 g/mol. The van der Waals surface area contributed by atoms with E-state index < -0.39 is 0 Å². The van der Waals surface area contributed by atoms with Crippen LogP contribution in [-0.4, -0.2) is 26.8 Å². The van der Waals surface area contributed by atoms with Gasteiger partial charge in [0.1, 0.15) is 5.82 Å². The molecule has 0 radical (unpaired) electrons. The zero-order valence-corrected chi connectivity index (χ0v) is 12.1. The van der Waals surface area contributed by atoms with Gasteiger partial charge < -0.3 is 10.1 Å². The highest BCUT2D eigenvalue weighted by Crippen LogP contribution is 2.27. The van der Waals surface area contributed by atoms with Crippen LogP contribution in [0.3, 0.4) is 0 Å². The van der Waals surface area contributed by atoms with Crippen molar-refractivity contribution in [2.24, 2.45) is 0 Å². The maximum absolute atomic E-state index is 13.7. The SMILES string of the molecule is COCCNCCCc1ccc(Br)c(Cl)c1F. The van der Waals surface area contributed by atoms with Crippen LogP contribution in [0.5, 0.6) is 0 Å². The summed E-state index contributed by atoms with van der Waals surface area (Å²) in [5, 5.41) is 3.37. The molecule has 0 amide bonds. The number of ether oxygens (including phenoxy) is 1. The van der Waals surface area contributed by atoms with Gasteiger partial charge in [-0.1, -0.05) is 17.7 Å². The molecule has 1 aromatic carbocycles. The van der Waals surface area contributed by atoms with E-state index in [-0.39, 0.29) is 10.8 Å². The van der Waals surface area contributed by atoms with Gasteiger partial charge in [0.25, 0.3) is 0 Å². The summed E-state index contributed by atoms with van der Waals surface area (Å²) in [5.41, 5.74) is 0.659. The average Bonchev–Trinajstić information content (AvgIpc) is 2.33. The molecule has 0 aliphatic carbocycles. The monoisotopic (exact) mass is 323 g/mol. The molecule has 0 fully saturated rings. The van der Waals surface area contributed by atoms with Crippen LogP contribution in [0.15, 0.2) is 16.6 Å². The highest BCUT2D eigenvalue weighted by atomic mass is 79.9. The van der Waals surface area contributed by atoms with Gasteiger partial charge in [0.2, 0.25) is 0 Å². The smallest absolute Gasteiger partial charge is 0.146 e. The van der Waals surface area contributed by atoms with E-state index in [1.165, 1.54) is 0 Å². The van der Waals surface area contributed by atoms with E-state index >= 15 is 0 Å². The van der Waals surface area contributed by atoms with E-state index in [0.29, 0.717) is 23.1 Å². The summed E-state index contributed by atoms with van der Waals surface area (Å²) in [4.78, 5) is 0. The van der Waals surface area contributed by atoms with Crippen molar-refractivity contribution in [1.29, 1.82) is 0 Å². The molecule has 0 saturated heterocycles. The lowest BCUT2D eigenvalue weighted by Gasteiger charge is -2.07. The molecule has 2 nitrogen and oxygen atoms in total. The second-order valence-corrected chi connectivity index (χ2v) is 4.91. The first kappa shape index (κ1) is 14.9. The van der Waals surface area contributed by atoms with Crippen molar-refractivity contribution in [3.05, 3.63) is 33.0 Å². The first-order valence-electron chi connectivity index (χ1n) is 5.49. The minimum absolute atomic E-state index is 0.162. The topological polar surface area (TPSA) is 21.3 Å². The fraction of sp³-hybridized carbons (Fsp3) is 0.500. The van der Waals surface area contributed by atoms with Crippen molar-refractivity contribution in [3.63, 3.8) is 0 Å². The van der Waals surface area contributed by atoms with Gasteiger partial charge in [0.05, 0.1) is 11.6 Å². The van der Waals surface area contributed by atoms with Crippen LogP contribution in [0.25, 0.3) is 0 Å². The number of benzene rings is 1. The highest BCUT2D eigenvalue weighted by molar-refractivity contribution is 9.10. The largest absolute Gasteiger partial charge is 0.383 e. The minimum Gasteiger partial charge on any atom is -0.383 e. The summed E-state index contributed by atoms with van der Waals surface area (Å²) in [6.07, 6.45) is 1.55. The summed E-state index contributed by atoms with van der Waals surface area (Å²) >= 11 is 9.00. The van der Waals surface area contributed by atoms with Crippen molar-refractivity contribution in [1.82, 2.24) is 5.32 Å². The van der Waals surface area contributed by atoms with Gasteiger partial charge in [-0.05, 0) is 46.9 Å². The number of halogens is 3. The summed E-state index contributed by atoms with van der Waals surface area (Å²) in [5.74, 6) is -0.321. The molecule has 0 spiro atoms. The number of aryl methyl sites for hydroxylation is 1. The predicted octanol–water partition coefficient (Wildman–Crippen LogP) is 3.41. The number of nitrogens with one attached hydrogen (secondary N) is 1. The first-order chi connectivity index (χ1) is 8.16. The Labute approximate surface area is 115 Å². The molecule has 0 aliphatic heterocycles. The number of rotatable bonds is 7. The third-order valence-corrected chi connectivity index (χ3v) is 3.66. The maximum Gasteiger partial charge on any atom is 0.146 e. The van der Waals surface area contributed by atoms with E-state index in [1.807, 2.05) is 0 Å². The molecular formula is C12H16BrClFNO. The summed E-state index contributed by atoms with van der Waals surface area (Å²) < 4.78 is 19.2. The first-order valence-corrected chi connectivity index (χ1v) is 6.66. The second kappa shape index (κ2) is 8.03. The van der Waals surface area contributed by atoms with Gasteiger partial charge >= 0.3 is 0 Å². The third-order valence-electron chi connectivity index (χ3n) is 2.40. The molecule has 0 aliphatic rings. The Morgan fingerprint density at radius 3 is 2.88 bits per heavy atom. The average molecular weight is 325 g/mol. The van der Waals surface area contributed by atoms with Gasteiger partial charge in [-0.2, -0.15) is 0 Å². The molecule has 96 valence electrons. The molecule has 17 heavy (non-hydrogen) atoms. The maximum atomic E-state index is 13.7. The van der Waals surface area contributed by atoms with Crippen LogP contribution < -0.4 is 5.32 Å². The Hall–Kier alpha value is -0.160. The lowest BCUT2D eigenvalue weighted by Crippen LogP contribution is -2.20. The van der Waals surface area contributed by atoms with E-state index in [0.717, 1.165) is 19.5 Å². The van der Waals surface area contributed by atoms with Crippen LogP contribution in [0.1, 0.15) is 12.0 Å². The molecule has 1 N–H and O–H groups in total. The van der Waals surface area contributed by atoms with Crippen LogP contribution in [0, 0.1) is 5.82 Å². The van der Waals surface area contributed by atoms with Crippen molar-refractivity contribution < 1.29 is 9.13 Å². The second-order valence-electron chi connectivity index (χ2n) is 3.68. The van der Waals surface area contributed by atoms with Crippen molar-refractivity contribution in [3.8, 4) is 0 Å². The molecule has 0 bridgehead atoms. The minimum atomic E-state index is -0.321. The quantitative estimate of drug-likeness (QED) is 0.613. The van der Waals surface area contributed by atoms with Gasteiger partial charge in [0.15, 0.2) is 0 Å². The fourth-order valence-corrected chi connectivity index (χ4v) is 1.95. The van der Waals surface area contributed by atoms with E-state index in [9.17, 15) is 4.39 Å². The molecule has 1 aromatic rings. The summed E-state index contributed by atoms with van der Waals surface area (Å²) in [6, 6.07) is 3.54. The molecule has 0 saturated carbocycles. The van der Waals surface area contributed by atoms with E-state index in [2.05, 4.69) is 21.2 Å². The van der Waals surface area contributed by atoms with Crippen LogP contribution in [0.4, 0.5) is 4.39 Å². The molecule has 1 rings (SSSR count). The van der Waals surface area contributed by atoms with Gasteiger partial charge in [-0.15, -0.1) is 0 Å². The van der Waals surface area contributed by atoms with E-state index in [1.54, 1.807) is 19.2 Å². The number of hydrogen-bond acceptors (Lipinski definition) is 2. The lowest BCUT2D eigenvalue weighted by atomic mass is 10.1. The number of hydrogen-bond donors (Lipinski definition) is 1. The van der Waals surface area contributed by atoms with Crippen LogP contribution >= 0.6 is 27.5 Å². The standard InChI is InChI=1S/C12H16BrClFNO/c1-17-8-7-16-6-2-3-9-4-5-10(13)11(14)12(9)15/h4-5,16H,2-3,6-8H2,1H3. The molecule has 0 unspecified atom stereocenters. The molecule has 0 aromatic heterocycles. The van der Waals surface area contributed by atoms with Crippen molar-refractivity contribution >= 4 is 27.5 Å². The van der Waals surface area contributed by atoms with E-state index in [4.69, 9.17) is 16.3 Å². The number of methoxy groups -OCH3 is 1. The summed E-state index contributed by atoms with van der Waals surface area (Å²) in [6.45, 7) is 2.36. The zero-order chi connectivity index (χ0) is 12.7. The van der Waals surface area contributed by atoms with Gasteiger partial charge in [0, 0.05) is 18.1 Å². The fourth-order valence-electron chi connectivity index (χ4n) is 1.46. The zero-order valence-electron chi connectivity index (χ0n) is 9.73. The predicted molar refractivity (Wildman–Crippen MR) is 72.2 cm³/mol. The van der Waals surface area contributed by atoms with Crippen LogP contribution in [0.2, 0.25) is 5.02 Å². The molecule has 5 heteroatoms. The highest BCUT2D eigenvalue weighted by Gasteiger charge is 2.09. The van der Waals surface area contributed by atoms with Crippen molar-refractivity contribution in [2.75, 3.05) is 26.8 Å². The van der Waals surface area contributed by atoms with Gasteiger partial charge in [-0.25, -0.2) is 4.39 Å². The Kier molecular flexibility index (Phi) is 7.04. The molecule has 0 atom stereocenters. The van der Waals surface area contributed by atoms with Gasteiger partial charge in [-0.3, -0.25) is 0 Å². The Morgan fingerprint density at radius 2 is 2.18 bits per heavy atom. The Balaban J connectivity index is 2.35. The van der Waals surface area contributed by atoms with Crippen LogP contribution in [-0.2, 0) is 11.2 Å². The van der Waals surface area contributed by atoms with Crippen molar-refractivity contribution in [2.45, 2.75) is 12.8 Å². The Morgan fingerprint density at radius 1 is 1.41 bits per heavy atom. The third kappa shape index (κ3) is 4.92.